The lowest BCUT2D eigenvalue weighted by Gasteiger charge is -2.28. The van der Waals surface area contributed by atoms with Crippen LogP contribution in [0.2, 0.25) is 0 Å². The molecular formula is C14H15N7O. The van der Waals surface area contributed by atoms with E-state index >= 15 is 0 Å². The molecule has 1 aliphatic rings. The molecule has 0 unspecified atom stereocenters. The third kappa shape index (κ3) is 1.87. The van der Waals surface area contributed by atoms with Crippen LogP contribution in [0, 0.1) is 6.92 Å². The van der Waals surface area contributed by atoms with Crippen molar-refractivity contribution in [3.63, 3.8) is 0 Å². The molecule has 0 aliphatic carbocycles. The fourth-order valence-corrected chi connectivity index (χ4v) is 2.89. The second kappa shape index (κ2) is 4.62. The Hall–Kier alpha value is -2.77. The molecular weight excluding hydrogens is 282 g/mol. The van der Waals surface area contributed by atoms with Gasteiger partial charge in [-0.25, -0.2) is 19.9 Å². The molecule has 4 heterocycles. The Morgan fingerprint density at radius 3 is 3.00 bits per heavy atom. The Morgan fingerprint density at radius 1 is 1.27 bits per heavy atom. The van der Waals surface area contributed by atoms with Crippen molar-refractivity contribution in [2.45, 2.75) is 19.9 Å². The molecule has 22 heavy (non-hydrogen) atoms. The van der Waals surface area contributed by atoms with Gasteiger partial charge in [-0.1, -0.05) is 0 Å². The summed E-state index contributed by atoms with van der Waals surface area (Å²) in [4.78, 5) is 34.4. The zero-order chi connectivity index (χ0) is 15.3. The van der Waals surface area contributed by atoms with E-state index in [9.17, 15) is 4.79 Å². The topological polar surface area (TPSA) is 92.6 Å². The minimum absolute atomic E-state index is 0.0708. The van der Waals surface area contributed by atoms with Gasteiger partial charge in [0.15, 0.2) is 17.0 Å². The van der Waals surface area contributed by atoms with Gasteiger partial charge in [-0.15, -0.1) is 0 Å². The molecule has 0 aromatic carbocycles. The van der Waals surface area contributed by atoms with Gasteiger partial charge in [0, 0.05) is 20.0 Å². The number of hydrogen-bond donors (Lipinski definition) is 1. The Bertz CT molecular complexity index is 927. The third-order valence-corrected chi connectivity index (χ3v) is 3.96. The summed E-state index contributed by atoms with van der Waals surface area (Å²) < 4.78 is 1.86. The Morgan fingerprint density at radius 2 is 2.14 bits per heavy atom. The predicted molar refractivity (Wildman–Crippen MR) is 80.7 cm³/mol. The van der Waals surface area contributed by atoms with E-state index in [2.05, 4.69) is 29.8 Å². The summed E-state index contributed by atoms with van der Waals surface area (Å²) in [5, 5.41) is 0. The number of imidazole rings is 1. The molecule has 8 nitrogen and oxygen atoms in total. The summed E-state index contributed by atoms with van der Waals surface area (Å²) in [6.45, 7) is 3.04. The van der Waals surface area contributed by atoms with Crippen LogP contribution < -0.4 is 10.5 Å². The molecule has 3 aromatic heterocycles. The molecule has 0 spiro atoms. The van der Waals surface area contributed by atoms with Gasteiger partial charge in [0.25, 0.3) is 5.56 Å². The number of aromatic nitrogens is 6. The van der Waals surface area contributed by atoms with Crippen LogP contribution >= 0.6 is 0 Å². The molecule has 0 bridgehead atoms. The predicted octanol–water partition coefficient (Wildman–Crippen LogP) is 0.318. The van der Waals surface area contributed by atoms with Crippen LogP contribution in [-0.4, -0.2) is 36.0 Å². The lowest BCUT2D eigenvalue weighted by Crippen LogP contribution is -2.36. The summed E-state index contributed by atoms with van der Waals surface area (Å²) in [6.07, 6.45) is 3.98. The number of anilines is 1. The SMILES string of the molecule is Cc1nc2c(c(=O)[nH]1)CN(c1ncnc3c1ncn3C)CC2. The standard InChI is InChI=1S/C14H15N7O/c1-8-18-10-3-4-21(5-9(10)14(22)19-8)13-11-12(15-6-16-13)20(2)7-17-11/h6-7H,3-5H2,1-2H3,(H,18,19,22). The van der Waals surface area contributed by atoms with Crippen LogP contribution in [0.4, 0.5) is 5.82 Å². The molecule has 0 saturated carbocycles. The average Bonchev–Trinajstić information content (AvgIpc) is 2.89. The molecule has 3 aromatic rings. The second-order valence-corrected chi connectivity index (χ2v) is 5.47. The van der Waals surface area contributed by atoms with Crippen molar-refractivity contribution in [1.82, 2.24) is 29.5 Å². The van der Waals surface area contributed by atoms with Crippen molar-refractivity contribution in [3.8, 4) is 0 Å². The Kier molecular flexibility index (Phi) is 2.72. The highest BCUT2D eigenvalue weighted by atomic mass is 16.1. The zero-order valence-corrected chi connectivity index (χ0v) is 12.4. The van der Waals surface area contributed by atoms with E-state index in [0.717, 1.165) is 35.6 Å². The summed E-state index contributed by atoms with van der Waals surface area (Å²) in [6, 6.07) is 0. The van der Waals surface area contributed by atoms with Crippen LogP contribution in [0.5, 0.6) is 0 Å². The average molecular weight is 297 g/mol. The number of nitrogens with zero attached hydrogens (tertiary/aromatic N) is 6. The first-order valence-electron chi connectivity index (χ1n) is 7.09. The van der Waals surface area contributed by atoms with E-state index in [4.69, 9.17) is 0 Å². The molecule has 0 atom stereocenters. The summed E-state index contributed by atoms with van der Waals surface area (Å²) in [7, 11) is 1.90. The number of hydrogen-bond acceptors (Lipinski definition) is 6. The first kappa shape index (κ1) is 12.9. The highest BCUT2D eigenvalue weighted by Gasteiger charge is 2.24. The largest absolute Gasteiger partial charge is 0.350 e. The van der Waals surface area contributed by atoms with Crippen molar-refractivity contribution in [2.24, 2.45) is 7.05 Å². The maximum absolute atomic E-state index is 12.2. The maximum atomic E-state index is 12.2. The van der Waals surface area contributed by atoms with E-state index in [-0.39, 0.29) is 5.56 Å². The van der Waals surface area contributed by atoms with Crippen molar-refractivity contribution in [3.05, 3.63) is 40.1 Å². The highest BCUT2D eigenvalue weighted by molar-refractivity contribution is 5.83. The van der Waals surface area contributed by atoms with Crippen LogP contribution in [0.3, 0.4) is 0 Å². The molecule has 1 N–H and O–H groups in total. The molecule has 112 valence electrons. The Labute approximate surface area is 125 Å². The fourth-order valence-electron chi connectivity index (χ4n) is 2.89. The van der Waals surface area contributed by atoms with Gasteiger partial charge in [0.2, 0.25) is 0 Å². The third-order valence-electron chi connectivity index (χ3n) is 3.96. The lowest BCUT2D eigenvalue weighted by atomic mass is 10.1. The molecule has 0 fully saturated rings. The van der Waals surface area contributed by atoms with Crippen LogP contribution in [0.25, 0.3) is 11.2 Å². The van der Waals surface area contributed by atoms with Gasteiger partial charge in [-0.05, 0) is 6.92 Å². The highest BCUT2D eigenvalue weighted by Crippen LogP contribution is 2.25. The minimum Gasteiger partial charge on any atom is -0.350 e. The van der Waals surface area contributed by atoms with Crippen LogP contribution in [0.15, 0.2) is 17.4 Å². The van der Waals surface area contributed by atoms with Gasteiger partial charge in [-0.3, -0.25) is 4.79 Å². The number of rotatable bonds is 1. The van der Waals surface area contributed by atoms with Gasteiger partial charge in [0.05, 0.1) is 24.1 Å². The number of H-pyrrole nitrogens is 1. The second-order valence-electron chi connectivity index (χ2n) is 5.47. The smallest absolute Gasteiger partial charge is 0.256 e. The molecule has 0 radical (unpaired) electrons. The normalized spacial score (nSPS) is 14.4. The van der Waals surface area contributed by atoms with E-state index in [1.807, 2.05) is 11.6 Å². The van der Waals surface area contributed by atoms with Gasteiger partial charge in [-0.2, -0.15) is 0 Å². The number of fused-ring (bicyclic) bond motifs is 2. The fraction of sp³-hybridized carbons (Fsp3) is 0.357. The van der Waals surface area contributed by atoms with Gasteiger partial charge >= 0.3 is 0 Å². The number of aromatic amines is 1. The summed E-state index contributed by atoms with van der Waals surface area (Å²) in [5.41, 5.74) is 3.05. The Balaban J connectivity index is 1.80. The number of aryl methyl sites for hydroxylation is 2. The zero-order valence-electron chi connectivity index (χ0n) is 12.4. The van der Waals surface area contributed by atoms with Gasteiger partial charge in [0.1, 0.15) is 12.2 Å². The first-order valence-corrected chi connectivity index (χ1v) is 7.09. The molecule has 1 aliphatic heterocycles. The monoisotopic (exact) mass is 297 g/mol. The van der Waals surface area contributed by atoms with Crippen LogP contribution in [0.1, 0.15) is 17.1 Å². The molecule has 0 amide bonds. The van der Waals surface area contributed by atoms with E-state index in [0.29, 0.717) is 17.9 Å². The van der Waals surface area contributed by atoms with Crippen molar-refractivity contribution in [2.75, 3.05) is 11.4 Å². The quantitative estimate of drug-likeness (QED) is 0.695. The molecule has 0 saturated heterocycles. The number of nitrogens with one attached hydrogen (secondary N) is 1. The van der Waals surface area contributed by atoms with E-state index < -0.39 is 0 Å². The summed E-state index contributed by atoms with van der Waals surface area (Å²) in [5.74, 6) is 1.42. The van der Waals surface area contributed by atoms with Crippen molar-refractivity contribution >= 4 is 17.0 Å². The van der Waals surface area contributed by atoms with Crippen LogP contribution in [-0.2, 0) is 20.0 Å². The van der Waals surface area contributed by atoms with E-state index in [1.54, 1.807) is 13.3 Å². The lowest BCUT2D eigenvalue weighted by molar-refractivity contribution is 0.685. The van der Waals surface area contributed by atoms with Crippen molar-refractivity contribution < 1.29 is 0 Å². The van der Waals surface area contributed by atoms with E-state index in [1.165, 1.54) is 6.33 Å². The first-order chi connectivity index (χ1) is 10.6. The molecule has 8 heteroatoms. The van der Waals surface area contributed by atoms with Gasteiger partial charge < -0.3 is 14.5 Å². The molecule has 4 rings (SSSR count). The minimum atomic E-state index is -0.0708. The summed E-state index contributed by atoms with van der Waals surface area (Å²) >= 11 is 0. The van der Waals surface area contributed by atoms with Crippen molar-refractivity contribution in [1.29, 1.82) is 0 Å². The maximum Gasteiger partial charge on any atom is 0.256 e.